The fourth-order valence-electron chi connectivity index (χ4n) is 4.73. The fourth-order valence-corrected chi connectivity index (χ4v) is 4.73. The van der Waals surface area contributed by atoms with Crippen LogP contribution in [0.15, 0.2) is 48.5 Å². The Balaban J connectivity index is 0.00000218. The number of fused-ring (bicyclic) bond motifs is 3. The van der Waals surface area contributed by atoms with Crippen LogP contribution in [0.3, 0.4) is 0 Å². The van der Waals surface area contributed by atoms with Crippen LogP contribution in [0.1, 0.15) is 41.6 Å². The molecule has 30 heavy (non-hydrogen) atoms. The maximum Gasteiger partial charge on any atom is 0.265 e. The first-order chi connectivity index (χ1) is 14.1. The van der Waals surface area contributed by atoms with Crippen molar-refractivity contribution in [1.29, 1.82) is 0 Å². The number of hydrogen-bond donors (Lipinski definition) is 3. The summed E-state index contributed by atoms with van der Waals surface area (Å²) in [4.78, 5) is 25.3. The Morgan fingerprint density at radius 3 is 2.53 bits per heavy atom. The molecule has 7 heteroatoms. The standard InChI is InChI=1S/C23H25N3O3.ClH/c27-22(26-19-12-17-8-9-18(13-19)24-17)15-5-3-6-16(10-15)25-23(28)21-11-14-4-1-2-7-20(14)29-21;/h1-7,10,17-19,21,24H,8-9,11-13H2,(H,25,28)(H,26,27);1H. The van der Waals surface area contributed by atoms with Crippen molar-refractivity contribution in [2.45, 2.75) is 56.3 Å². The van der Waals surface area contributed by atoms with Crippen LogP contribution >= 0.6 is 12.4 Å². The molecule has 6 nitrogen and oxygen atoms in total. The van der Waals surface area contributed by atoms with E-state index in [4.69, 9.17) is 4.74 Å². The number of anilines is 1. The summed E-state index contributed by atoms with van der Waals surface area (Å²) in [5.41, 5.74) is 2.20. The van der Waals surface area contributed by atoms with Gasteiger partial charge in [-0.1, -0.05) is 24.3 Å². The molecule has 2 amide bonds. The number of piperidine rings is 1. The smallest absolute Gasteiger partial charge is 0.265 e. The zero-order chi connectivity index (χ0) is 19.8. The van der Waals surface area contributed by atoms with Gasteiger partial charge in [-0.2, -0.15) is 0 Å². The monoisotopic (exact) mass is 427 g/mol. The summed E-state index contributed by atoms with van der Waals surface area (Å²) in [5.74, 6) is 0.474. The molecule has 2 aromatic rings. The molecule has 3 aliphatic rings. The SMILES string of the molecule is Cl.O=C(NC1CC2CCC(C1)N2)c1cccc(NC(=O)C2Cc3ccccc3O2)c1. The van der Waals surface area contributed by atoms with Gasteiger partial charge in [-0.25, -0.2) is 0 Å². The number of rotatable bonds is 4. The van der Waals surface area contributed by atoms with E-state index in [0.717, 1.165) is 24.2 Å². The molecular formula is C23H26ClN3O3. The number of amides is 2. The molecule has 2 saturated heterocycles. The van der Waals surface area contributed by atoms with E-state index >= 15 is 0 Å². The highest BCUT2D eigenvalue weighted by atomic mass is 35.5. The summed E-state index contributed by atoms with van der Waals surface area (Å²) in [6.07, 6.45) is 4.38. The summed E-state index contributed by atoms with van der Waals surface area (Å²) in [6.45, 7) is 0. The molecule has 0 radical (unpaired) electrons. The minimum atomic E-state index is -0.546. The number of para-hydroxylation sites is 1. The van der Waals surface area contributed by atoms with Crippen molar-refractivity contribution in [1.82, 2.24) is 10.6 Å². The van der Waals surface area contributed by atoms with E-state index in [2.05, 4.69) is 16.0 Å². The summed E-state index contributed by atoms with van der Waals surface area (Å²) in [7, 11) is 0. The molecule has 2 bridgehead atoms. The van der Waals surface area contributed by atoms with Crippen LogP contribution < -0.4 is 20.7 Å². The van der Waals surface area contributed by atoms with Gasteiger partial charge in [0.25, 0.3) is 11.8 Å². The topological polar surface area (TPSA) is 79.5 Å². The lowest BCUT2D eigenvalue weighted by molar-refractivity contribution is -0.122. The van der Waals surface area contributed by atoms with Crippen LogP contribution in [0, 0.1) is 0 Å². The predicted molar refractivity (Wildman–Crippen MR) is 117 cm³/mol. The number of carbonyl (C=O) groups excluding carboxylic acids is 2. The lowest BCUT2D eigenvalue weighted by Gasteiger charge is -2.29. The van der Waals surface area contributed by atoms with Gasteiger partial charge in [0.15, 0.2) is 6.10 Å². The number of hydrogen-bond acceptors (Lipinski definition) is 4. The Bertz CT molecular complexity index is 914. The van der Waals surface area contributed by atoms with Crippen LogP contribution in [0.25, 0.3) is 0 Å². The van der Waals surface area contributed by atoms with Gasteiger partial charge in [-0.3, -0.25) is 9.59 Å². The largest absolute Gasteiger partial charge is 0.480 e. The second-order valence-electron chi connectivity index (χ2n) is 8.27. The Labute approximate surface area is 182 Å². The summed E-state index contributed by atoms with van der Waals surface area (Å²) < 4.78 is 5.75. The Morgan fingerprint density at radius 2 is 1.77 bits per heavy atom. The van der Waals surface area contributed by atoms with Gasteiger partial charge in [0.05, 0.1) is 0 Å². The van der Waals surface area contributed by atoms with E-state index in [1.54, 1.807) is 24.3 Å². The Hall–Kier alpha value is -2.57. The van der Waals surface area contributed by atoms with Crippen molar-refractivity contribution in [2.24, 2.45) is 0 Å². The molecule has 3 atom stereocenters. The van der Waals surface area contributed by atoms with Crippen LogP contribution in [0.2, 0.25) is 0 Å². The van der Waals surface area contributed by atoms with Crippen LogP contribution in [0.5, 0.6) is 5.75 Å². The third kappa shape index (κ3) is 4.30. The molecule has 2 fully saturated rings. The van der Waals surface area contributed by atoms with Gasteiger partial charge in [0.1, 0.15) is 5.75 Å². The molecule has 3 unspecified atom stereocenters. The van der Waals surface area contributed by atoms with E-state index < -0.39 is 6.10 Å². The molecule has 158 valence electrons. The highest BCUT2D eigenvalue weighted by Gasteiger charge is 2.34. The molecular weight excluding hydrogens is 402 g/mol. The Morgan fingerprint density at radius 1 is 1.00 bits per heavy atom. The minimum Gasteiger partial charge on any atom is -0.480 e. The molecule has 0 aromatic heterocycles. The first-order valence-electron chi connectivity index (χ1n) is 10.4. The van der Waals surface area contributed by atoms with Gasteiger partial charge in [-0.05, 0) is 55.5 Å². The maximum absolute atomic E-state index is 12.7. The minimum absolute atomic E-state index is 0. The molecule has 2 aromatic carbocycles. The van der Waals surface area contributed by atoms with Crippen LogP contribution in [0.4, 0.5) is 5.69 Å². The van der Waals surface area contributed by atoms with Crippen molar-refractivity contribution in [3.63, 3.8) is 0 Å². The lowest BCUT2D eigenvalue weighted by atomic mass is 9.99. The zero-order valence-corrected chi connectivity index (χ0v) is 17.4. The van der Waals surface area contributed by atoms with E-state index in [-0.39, 0.29) is 30.3 Å². The van der Waals surface area contributed by atoms with Gasteiger partial charge in [0, 0.05) is 35.8 Å². The Kier molecular flexibility index (Phi) is 5.97. The summed E-state index contributed by atoms with van der Waals surface area (Å²) in [6, 6.07) is 16.1. The van der Waals surface area contributed by atoms with E-state index in [9.17, 15) is 9.59 Å². The average molecular weight is 428 g/mol. The summed E-state index contributed by atoms with van der Waals surface area (Å²) in [5, 5.41) is 9.64. The third-order valence-electron chi connectivity index (χ3n) is 6.14. The summed E-state index contributed by atoms with van der Waals surface area (Å²) >= 11 is 0. The molecule has 3 aliphatic heterocycles. The van der Waals surface area contributed by atoms with Crippen molar-refractivity contribution in [3.05, 3.63) is 59.7 Å². The first-order valence-corrected chi connectivity index (χ1v) is 10.4. The van der Waals surface area contributed by atoms with Crippen LogP contribution in [-0.2, 0) is 11.2 Å². The molecule has 3 N–H and O–H groups in total. The number of carbonyl (C=O) groups is 2. The first kappa shape index (κ1) is 20.7. The number of ether oxygens (including phenoxy) is 1. The maximum atomic E-state index is 12.7. The zero-order valence-electron chi connectivity index (χ0n) is 16.6. The van der Waals surface area contributed by atoms with Gasteiger partial charge in [-0.15, -0.1) is 12.4 Å². The quantitative estimate of drug-likeness (QED) is 0.700. The second kappa shape index (κ2) is 8.66. The number of nitrogens with one attached hydrogen (secondary N) is 3. The molecule has 3 heterocycles. The van der Waals surface area contributed by atoms with Crippen LogP contribution in [-0.4, -0.2) is 36.0 Å². The van der Waals surface area contributed by atoms with Crippen molar-refractivity contribution >= 4 is 29.9 Å². The molecule has 0 saturated carbocycles. The highest BCUT2D eigenvalue weighted by Crippen LogP contribution is 2.29. The predicted octanol–water partition coefficient (Wildman–Crippen LogP) is 3.06. The fraction of sp³-hybridized carbons (Fsp3) is 0.391. The molecule has 5 rings (SSSR count). The third-order valence-corrected chi connectivity index (χ3v) is 6.14. The van der Waals surface area contributed by atoms with Crippen molar-refractivity contribution in [2.75, 3.05) is 5.32 Å². The van der Waals surface area contributed by atoms with Crippen molar-refractivity contribution < 1.29 is 14.3 Å². The highest BCUT2D eigenvalue weighted by molar-refractivity contribution is 5.98. The number of benzene rings is 2. The van der Waals surface area contributed by atoms with Gasteiger partial charge in [0.2, 0.25) is 0 Å². The van der Waals surface area contributed by atoms with Gasteiger partial charge < -0.3 is 20.7 Å². The van der Waals surface area contributed by atoms with Gasteiger partial charge >= 0.3 is 0 Å². The molecule has 0 spiro atoms. The normalized spacial score (nSPS) is 26.1. The van der Waals surface area contributed by atoms with E-state index in [1.807, 2.05) is 24.3 Å². The number of halogens is 1. The average Bonchev–Trinajstić information content (AvgIpc) is 3.31. The van der Waals surface area contributed by atoms with E-state index in [1.165, 1.54) is 12.8 Å². The van der Waals surface area contributed by atoms with Crippen molar-refractivity contribution in [3.8, 4) is 5.75 Å². The molecule has 0 aliphatic carbocycles. The van der Waals surface area contributed by atoms with E-state index in [0.29, 0.717) is 29.8 Å². The second-order valence-corrected chi connectivity index (χ2v) is 8.27. The lowest BCUT2D eigenvalue weighted by Crippen LogP contribution is -2.48.